The smallest absolute Gasteiger partial charge is 0.194 e. The molecule has 0 aliphatic carbocycles. The molecule has 0 unspecified atom stereocenters. The first kappa shape index (κ1) is 7.53. The molecule has 0 amide bonds. The molecule has 0 atom stereocenters. The Labute approximate surface area is 80.6 Å². The zero-order valence-corrected chi connectivity index (χ0v) is 8.34. The van der Waals surface area contributed by atoms with Gasteiger partial charge in [0.1, 0.15) is 0 Å². The lowest BCUT2D eigenvalue weighted by atomic mass is 10.2. The van der Waals surface area contributed by atoms with Crippen molar-refractivity contribution in [3.63, 3.8) is 0 Å². The maximum atomic E-state index is 4.31. The normalized spacial score (nSPS) is 17.9. The first-order chi connectivity index (χ1) is 6.34. The largest absolute Gasteiger partial charge is 0.301 e. The van der Waals surface area contributed by atoms with Gasteiger partial charge in [0.25, 0.3) is 0 Å². The Morgan fingerprint density at radius 2 is 2.46 bits per heavy atom. The van der Waals surface area contributed by atoms with Crippen molar-refractivity contribution < 1.29 is 0 Å². The molecule has 3 heterocycles. The van der Waals surface area contributed by atoms with Crippen LogP contribution in [0.1, 0.15) is 10.6 Å². The van der Waals surface area contributed by atoms with Crippen molar-refractivity contribution in [1.29, 1.82) is 0 Å². The quantitative estimate of drug-likeness (QED) is 0.630. The van der Waals surface area contributed by atoms with Crippen molar-refractivity contribution in [2.24, 2.45) is 0 Å². The maximum Gasteiger partial charge on any atom is 0.194 e. The lowest BCUT2D eigenvalue weighted by Crippen LogP contribution is -2.26. The SMILES string of the molecule is CN1CCc2c(sc3nccn23)C1. The van der Waals surface area contributed by atoms with E-state index in [2.05, 4.69) is 27.5 Å². The highest BCUT2D eigenvalue weighted by Gasteiger charge is 2.18. The van der Waals surface area contributed by atoms with E-state index in [1.807, 2.05) is 17.5 Å². The maximum absolute atomic E-state index is 4.31. The highest BCUT2D eigenvalue weighted by molar-refractivity contribution is 7.17. The molecule has 3 rings (SSSR count). The molecule has 0 spiro atoms. The molecule has 0 N–H and O–H groups in total. The Morgan fingerprint density at radius 1 is 1.54 bits per heavy atom. The van der Waals surface area contributed by atoms with Gasteiger partial charge in [-0.3, -0.25) is 4.40 Å². The van der Waals surface area contributed by atoms with Crippen LogP contribution in [-0.2, 0) is 13.0 Å². The van der Waals surface area contributed by atoms with E-state index in [1.54, 1.807) is 0 Å². The second kappa shape index (κ2) is 2.56. The number of imidazole rings is 1. The number of hydrogen-bond acceptors (Lipinski definition) is 3. The Hall–Kier alpha value is -0.870. The number of fused-ring (bicyclic) bond motifs is 3. The van der Waals surface area contributed by atoms with E-state index in [0.717, 1.165) is 24.5 Å². The predicted molar refractivity (Wildman–Crippen MR) is 53.1 cm³/mol. The van der Waals surface area contributed by atoms with Crippen LogP contribution in [0.15, 0.2) is 12.4 Å². The number of rotatable bonds is 0. The fourth-order valence-electron chi connectivity index (χ4n) is 1.88. The van der Waals surface area contributed by atoms with Crippen LogP contribution >= 0.6 is 11.3 Å². The van der Waals surface area contributed by atoms with Crippen molar-refractivity contribution >= 4 is 16.3 Å². The van der Waals surface area contributed by atoms with Gasteiger partial charge in [-0.25, -0.2) is 4.98 Å². The van der Waals surface area contributed by atoms with E-state index < -0.39 is 0 Å². The number of thiazole rings is 1. The minimum absolute atomic E-state index is 1.09. The molecule has 0 aromatic carbocycles. The van der Waals surface area contributed by atoms with Crippen LogP contribution in [0.5, 0.6) is 0 Å². The Kier molecular flexibility index (Phi) is 1.48. The van der Waals surface area contributed by atoms with Gasteiger partial charge in [0.15, 0.2) is 4.96 Å². The van der Waals surface area contributed by atoms with Crippen LogP contribution in [0.2, 0.25) is 0 Å². The molecule has 0 saturated carbocycles. The summed E-state index contributed by atoms with van der Waals surface area (Å²) < 4.78 is 2.23. The molecule has 1 aliphatic rings. The van der Waals surface area contributed by atoms with Crippen LogP contribution in [0.3, 0.4) is 0 Å². The zero-order valence-electron chi connectivity index (χ0n) is 7.53. The number of nitrogens with zero attached hydrogens (tertiary/aromatic N) is 3. The van der Waals surface area contributed by atoms with E-state index >= 15 is 0 Å². The van der Waals surface area contributed by atoms with E-state index in [1.165, 1.54) is 10.6 Å². The van der Waals surface area contributed by atoms with Crippen molar-refractivity contribution in [2.45, 2.75) is 13.0 Å². The van der Waals surface area contributed by atoms with Crippen molar-refractivity contribution in [3.8, 4) is 0 Å². The van der Waals surface area contributed by atoms with Crippen LogP contribution in [-0.4, -0.2) is 27.9 Å². The molecule has 2 aromatic rings. The average molecular weight is 193 g/mol. The van der Waals surface area contributed by atoms with Crippen molar-refractivity contribution in [2.75, 3.05) is 13.6 Å². The first-order valence-electron chi connectivity index (χ1n) is 4.47. The van der Waals surface area contributed by atoms with Gasteiger partial charge in [-0.1, -0.05) is 11.3 Å². The molecule has 0 bridgehead atoms. The van der Waals surface area contributed by atoms with Crippen LogP contribution in [0.4, 0.5) is 0 Å². The Bertz CT molecular complexity index is 443. The van der Waals surface area contributed by atoms with Crippen LogP contribution in [0, 0.1) is 0 Å². The van der Waals surface area contributed by atoms with Crippen molar-refractivity contribution in [3.05, 3.63) is 23.0 Å². The molecule has 13 heavy (non-hydrogen) atoms. The summed E-state index contributed by atoms with van der Waals surface area (Å²) in [6.07, 6.45) is 5.10. The zero-order chi connectivity index (χ0) is 8.84. The Morgan fingerprint density at radius 3 is 3.38 bits per heavy atom. The molecular formula is C9H11N3S. The summed E-state index contributed by atoms with van der Waals surface area (Å²) in [4.78, 5) is 9.29. The monoisotopic (exact) mass is 193 g/mol. The third-order valence-electron chi connectivity index (χ3n) is 2.58. The fourth-order valence-corrected chi connectivity index (χ4v) is 3.09. The minimum atomic E-state index is 1.09. The van der Waals surface area contributed by atoms with Gasteiger partial charge in [-0.05, 0) is 7.05 Å². The van der Waals surface area contributed by atoms with Crippen molar-refractivity contribution in [1.82, 2.24) is 14.3 Å². The minimum Gasteiger partial charge on any atom is -0.301 e. The standard InChI is InChI=1S/C9H11N3S/c1-11-4-2-7-8(6-11)13-9-10-3-5-12(7)9/h3,5H,2,4,6H2,1H3. The summed E-state index contributed by atoms with van der Waals surface area (Å²) in [5.74, 6) is 0. The molecule has 3 nitrogen and oxygen atoms in total. The topological polar surface area (TPSA) is 20.5 Å². The van der Waals surface area contributed by atoms with Gasteiger partial charge in [-0.2, -0.15) is 0 Å². The van der Waals surface area contributed by atoms with E-state index in [4.69, 9.17) is 0 Å². The lowest BCUT2D eigenvalue weighted by Gasteiger charge is -2.21. The third-order valence-corrected chi connectivity index (χ3v) is 3.67. The summed E-state index contributed by atoms with van der Waals surface area (Å²) in [5, 5.41) is 0. The fraction of sp³-hybridized carbons (Fsp3) is 0.444. The van der Waals surface area contributed by atoms with Crippen LogP contribution in [0.25, 0.3) is 4.96 Å². The molecular weight excluding hydrogens is 182 g/mol. The number of likely N-dealkylation sites (N-methyl/N-ethyl adjacent to an activating group) is 1. The Balaban J connectivity index is 2.22. The molecule has 0 fully saturated rings. The van der Waals surface area contributed by atoms with E-state index in [9.17, 15) is 0 Å². The van der Waals surface area contributed by atoms with Gasteiger partial charge in [0, 0.05) is 42.5 Å². The number of aromatic nitrogens is 2. The third kappa shape index (κ3) is 1.02. The van der Waals surface area contributed by atoms with E-state index in [0.29, 0.717) is 0 Å². The highest BCUT2D eigenvalue weighted by Crippen LogP contribution is 2.26. The van der Waals surface area contributed by atoms with Gasteiger partial charge in [0.05, 0.1) is 0 Å². The average Bonchev–Trinajstić information content (AvgIpc) is 2.62. The summed E-state index contributed by atoms with van der Waals surface area (Å²) >= 11 is 1.82. The highest BCUT2D eigenvalue weighted by atomic mass is 32.1. The predicted octanol–water partition coefficient (Wildman–Crippen LogP) is 1.38. The molecule has 68 valence electrons. The molecule has 0 radical (unpaired) electrons. The second-order valence-electron chi connectivity index (χ2n) is 3.54. The summed E-state index contributed by atoms with van der Waals surface area (Å²) in [6, 6.07) is 0. The van der Waals surface area contributed by atoms with Gasteiger partial charge in [-0.15, -0.1) is 0 Å². The summed E-state index contributed by atoms with van der Waals surface area (Å²) in [6.45, 7) is 2.25. The molecule has 2 aromatic heterocycles. The van der Waals surface area contributed by atoms with Crippen LogP contribution < -0.4 is 0 Å². The summed E-state index contributed by atoms with van der Waals surface area (Å²) in [7, 11) is 2.17. The molecule has 1 aliphatic heterocycles. The van der Waals surface area contributed by atoms with Gasteiger partial charge >= 0.3 is 0 Å². The molecule has 0 saturated heterocycles. The molecule has 4 heteroatoms. The van der Waals surface area contributed by atoms with Gasteiger partial charge < -0.3 is 4.90 Å². The number of hydrogen-bond donors (Lipinski definition) is 0. The lowest BCUT2D eigenvalue weighted by molar-refractivity contribution is 0.314. The van der Waals surface area contributed by atoms with Gasteiger partial charge in [0.2, 0.25) is 0 Å². The summed E-state index contributed by atoms with van der Waals surface area (Å²) in [5.41, 5.74) is 1.47. The van der Waals surface area contributed by atoms with E-state index in [-0.39, 0.29) is 0 Å². The second-order valence-corrected chi connectivity index (χ2v) is 4.60. The first-order valence-corrected chi connectivity index (χ1v) is 5.28.